The summed E-state index contributed by atoms with van der Waals surface area (Å²) in [5.41, 5.74) is -0.970. The van der Waals surface area contributed by atoms with Gasteiger partial charge in [0.15, 0.2) is 0 Å². The van der Waals surface area contributed by atoms with Gasteiger partial charge in [-0.15, -0.1) is 0 Å². The number of carbonyl (C=O) groups excluding carboxylic acids is 2. The van der Waals surface area contributed by atoms with Gasteiger partial charge in [-0.3, -0.25) is 14.3 Å². The summed E-state index contributed by atoms with van der Waals surface area (Å²) in [5.74, 6) is -2.16. The van der Waals surface area contributed by atoms with Gasteiger partial charge in [0.25, 0.3) is 5.91 Å². The maximum Gasteiger partial charge on any atom is 0.417 e. The molecule has 10 nitrogen and oxygen atoms in total. The van der Waals surface area contributed by atoms with Gasteiger partial charge in [-0.25, -0.2) is 14.4 Å². The molecule has 1 aliphatic rings. The number of alkyl halides is 3. The highest BCUT2D eigenvalue weighted by molar-refractivity contribution is 6.05. The number of nitrogens with zero attached hydrogens (tertiary/aromatic N) is 4. The Morgan fingerprint density at radius 1 is 1.14 bits per heavy atom. The van der Waals surface area contributed by atoms with Crippen molar-refractivity contribution < 1.29 is 31.9 Å². The molecule has 0 spiro atoms. The lowest BCUT2D eigenvalue weighted by Gasteiger charge is -2.22. The SMILES string of the molecule is Cn1ccc(-c2cc(C(=O)Nc3cccc(-c4ccnc(CNC(=O)[C@@H]5COCCN5)n4)c3)c(F)cc2C(F)(F)F)n1. The fraction of sp³-hybridized carbons (Fsp3) is 0.250. The summed E-state index contributed by atoms with van der Waals surface area (Å²) in [6, 6.07) is 10.1. The molecule has 2 amide bonds. The molecule has 218 valence electrons. The van der Waals surface area contributed by atoms with E-state index in [2.05, 4.69) is 31.0 Å². The van der Waals surface area contributed by atoms with Crippen molar-refractivity contribution in [2.75, 3.05) is 25.1 Å². The van der Waals surface area contributed by atoms with Crippen molar-refractivity contribution in [3.8, 4) is 22.5 Å². The predicted molar refractivity (Wildman–Crippen MR) is 143 cm³/mol. The van der Waals surface area contributed by atoms with E-state index < -0.39 is 40.6 Å². The summed E-state index contributed by atoms with van der Waals surface area (Å²) in [6.45, 7) is 1.47. The van der Waals surface area contributed by atoms with Crippen molar-refractivity contribution in [1.82, 2.24) is 30.4 Å². The summed E-state index contributed by atoms with van der Waals surface area (Å²) in [6.07, 6.45) is -1.90. The number of carbonyl (C=O) groups is 2. The predicted octanol–water partition coefficient (Wildman–Crippen LogP) is 3.56. The maximum absolute atomic E-state index is 14.8. The molecule has 0 unspecified atom stereocenters. The molecular formula is C28H25F4N7O3. The van der Waals surface area contributed by atoms with E-state index in [0.717, 1.165) is 6.07 Å². The zero-order valence-electron chi connectivity index (χ0n) is 22.2. The molecule has 2 aromatic heterocycles. The molecule has 1 saturated heterocycles. The van der Waals surface area contributed by atoms with E-state index in [1.54, 1.807) is 30.3 Å². The summed E-state index contributed by atoms with van der Waals surface area (Å²) in [5, 5.41) is 12.3. The van der Waals surface area contributed by atoms with E-state index in [0.29, 0.717) is 36.3 Å². The number of nitrogens with one attached hydrogen (secondary N) is 3. The fourth-order valence-corrected chi connectivity index (χ4v) is 4.38. The first-order valence-corrected chi connectivity index (χ1v) is 12.8. The molecule has 1 aliphatic heterocycles. The van der Waals surface area contributed by atoms with Gasteiger partial charge in [-0.2, -0.15) is 18.3 Å². The third-order valence-corrected chi connectivity index (χ3v) is 6.43. The second-order valence-corrected chi connectivity index (χ2v) is 9.44. The van der Waals surface area contributed by atoms with Gasteiger partial charge >= 0.3 is 6.18 Å². The van der Waals surface area contributed by atoms with Crippen molar-refractivity contribution >= 4 is 17.5 Å². The van der Waals surface area contributed by atoms with E-state index in [4.69, 9.17) is 4.74 Å². The van der Waals surface area contributed by atoms with Crippen LogP contribution in [0.5, 0.6) is 0 Å². The quantitative estimate of drug-likeness (QED) is 0.285. The van der Waals surface area contributed by atoms with Crippen molar-refractivity contribution in [3.05, 3.63) is 83.7 Å². The van der Waals surface area contributed by atoms with Crippen molar-refractivity contribution in [3.63, 3.8) is 0 Å². The van der Waals surface area contributed by atoms with Gasteiger partial charge in [0, 0.05) is 42.8 Å². The van der Waals surface area contributed by atoms with Crippen LogP contribution < -0.4 is 16.0 Å². The molecule has 2 aromatic carbocycles. The topological polar surface area (TPSA) is 123 Å². The smallest absolute Gasteiger partial charge is 0.378 e. The third kappa shape index (κ3) is 6.61. The molecule has 3 heterocycles. The van der Waals surface area contributed by atoms with Crippen LogP contribution in [0, 0.1) is 5.82 Å². The Morgan fingerprint density at radius 2 is 1.98 bits per heavy atom. The average Bonchev–Trinajstić information content (AvgIpc) is 3.42. The number of hydrogen-bond acceptors (Lipinski definition) is 7. The number of aryl methyl sites for hydroxylation is 1. The second kappa shape index (κ2) is 12.0. The number of anilines is 1. The molecule has 0 bridgehead atoms. The first kappa shape index (κ1) is 28.8. The number of amides is 2. The molecule has 0 aliphatic carbocycles. The number of ether oxygens (including phenoxy) is 1. The Hall–Kier alpha value is -4.69. The van der Waals surface area contributed by atoms with E-state index in [9.17, 15) is 27.2 Å². The summed E-state index contributed by atoms with van der Waals surface area (Å²) >= 11 is 0. The minimum atomic E-state index is -4.86. The van der Waals surface area contributed by atoms with Crippen LogP contribution in [-0.4, -0.2) is 57.4 Å². The summed E-state index contributed by atoms with van der Waals surface area (Å²) < 4.78 is 62.4. The second-order valence-electron chi connectivity index (χ2n) is 9.44. The number of rotatable bonds is 7. The van der Waals surface area contributed by atoms with Crippen LogP contribution in [0.15, 0.2) is 60.9 Å². The Labute approximate surface area is 237 Å². The molecule has 5 rings (SSSR count). The number of halogens is 4. The zero-order chi connectivity index (χ0) is 29.9. The van der Waals surface area contributed by atoms with E-state index in [-0.39, 0.29) is 30.4 Å². The van der Waals surface area contributed by atoms with Crippen LogP contribution in [-0.2, 0) is 29.3 Å². The van der Waals surface area contributed by atoms with Crippen molar-refractivity contribution in [2.45, 2.75) is 18.8 Å². The molecule has 0 saturated carbocycles. The number of hydrogen-bond donors (Lipinski definition) is 3. The molecule has 1 atom stereocenters. The van der Waals surface area contributed by atoms with Crippen LogP contribution in [0.2, 0.25) is 0 Å². The maximum atomic E-state index is 14.8. The van der Waals surface area contributed by atoms with E-state index in [1.165, 1.54) is 30.2 Å². The molecule has 42 heavy (non-hydrogen) atoms. The van der Waals surface area contributed by atoms with Crippen molar-refractivity contribution in [2.24, 2.45) is 7.05 Å². The average molecular weight is 584 g/mol. The molecule has 1 fully saturated rings. The Balaban J connectivity index is 1.34. The highest BCUT2D eigenvalue weighted by atomic mass is 19.4. The standard InChI is InChI=1S/C28H25F4N7O3/c1-39-9-6-23(38-39)18-12-19(21(29)13-20(18)28(30,31)32)26(40)36-17-4-2-3-16(11-17)22-5-7-34-25(37-22)14-35-27(41)24-15-42-10-8-33-24/h2-7,9,11-13,24,33H,8,10,14-15H2,1H3,(H,35,41)(H,36,40)/t24-/m0/s1. The Kier molecular flexibility index (Phi) is 8.27. The number of aromatic nitrogens is 4. The Bertz CT molecular complexity index is 1620. The summed E-state index contributed by atoms with van der Waals surface area (Å²) in [7, 11) is 1.53. The van der Waals surface area contributed by atoms with Gasteiger partial charge in [0.2, 0.25) is 5.91 Å². The van der Waals surface area contributed by atoms with Crippen LogP contribution in [0.4, 0.5) is 23.2 Å². The van der Waals surface area contributed by atoms with E-state index in [1.807, 2.05) is 0 Å². The largest absolute Gasteiger partial charge is 0.417 e. The van der Waals surface area contributed by atoms with Crippen LogP contribution in [0.1, 0.15) is 21.7 Å². The molecule has 4 aromatic rings. The monoisotopic (exact) mass is 583 g/mol. The highest BCUT2D eigenvalue weighted by Gasteiger charge is 2.36. The zero-order valence-corrected chi connectivity index (χ0v) is 22.2. The molecule has 14 heteroatoms. The summed E-state index contributed by atoms with van der Waals surface area (Å²) in [4.78, 5) is 34.0. The lowest BCUT2D eigenvalue weighted by Crippen LogP contribution is -2.51. The lowest BCUT2D eigenvalue weighted by atomic mass is 9.99. The Morgan fingerprint density at radius 3 is 2.69 bits per heavy atom. The van der Waals surface area contributed by atoms with Crippen molar-refractivity contribution in [1.29, 1.82) is 0 Å². The van der Waals surface area contributed by atoms with Crippen LogP contribution in [0.25, 0.3) is 22.5 Å². The van der Waals surface area contributed by atoms with Gasteiger partial charge in [-0.05, 0) is 36.4 Å². The molecule has 0 radical (unpaired) electrons. The highest BCUT2D eigenvalue weighted by Crippen LogP contribution is 2.38. The molecular weight excluding hydrogens is 558 g/mol. The minimum absolute atomic E-state index is 0.0556. The van der Waals surface area contributed by atoms with Gasteiger partial charge < -0.3 is 20.7 Å². The molecule has 3 N–H and O–H groups in total. The van der Waals surface area contributed by atoms with Crippen LogP contribution >= 0.6 is 0 Å². The third-order valence-electron chi connectivity index (χ3n) is 6.43. The fourth-order valence-electron chi connectivity index (χ4n) is 4.38. The normalized spacial score (nSPS) is 15.3. The minimum Gasteiger partial charge on any atom is -0.378 e. The van der Waals surface area contributed by atoms with E-state index >= 15 is 0 Å². The first-order valence-electron chi connectivity index (χ1n) is 12.8. The lowest BCUT2D eigenvalue weighted by molar-refractivity contribution is -0.137. The van der Waals surface area contributed by atoms with Gasteiger partial charge in [0.1, 0.15) is 17.7 Å². The number of morpholine rings is 1. The van der Waals surface area contributed by atoms with Gasteiger partial charge in [0.05, 0.1) is 42.3 Å². The first-order chi connectivity index (χ1) is 20.1. The van der Waals surface area contributed by atoms with Crippen LogP contribution in [0.3, 0.4) is 0 Å². The number of benzene rings is 2. The van der Waals surface area contributed by atoms with Gasteiger partial charge in [-0.1, -0.05) is 12.1 Å².